The maximum absolute atomic E-state index is 12.2. The molecule has 1 aromatic carbocycles. The lowest BCUT2D eigenvalue weighted by Gasteiger charge is -2.21. The van der Waals surface area contributed by atoms with Crippen molar-refractivity contribution in [3.8, 4) is 6.07 Å². The van der Waals surface area contributed by atoms with E-state index < -0.39 is 11.5 Å². The first-order valence-electron chi connectivity index (χ1n) is 8.03. The van der Waals surface area contributed by atoms with Crippen LogP contribution in [0.25, 0.3) is 11.0 Å². The summed E-state index contributed by atoms with van der Waals surface area (Å²) in [5.41, 5.74) is 3.77. The van der Waals surface area contributed by atoms with E-state index in [4.69, 9.17) is 9.68 Å². The molecule has 0 aliphatic rings. The first kappa shape index (κ1) is 18.2. The highest BCUT2D eigenvalue weighted by Crippen LogP contribution is 2.22. The molecule has 0 saturated carbocycles. The number of nitriles is 1. The highest BCUT2D eigenvalue weighted by molar-refractivity contribution is 6.01. The van der Waals surface area contributed by atoms with Crippen molar-refractivity contribution in [3.05, 3.63) is 40.2 Å². The third kappa shape index (κ3) is 4.23. The fourth-order valence-corrected chi connectivity index (χ4v) is 2.46. The van der Waals surface area contributed by atoms with Crippen molar-refractivity contribution in [2.24, 2.45) is 5.10 Å². The van der Waals surface area contributed by atoms with Gasteiger partial charge < -0.3 is 9.32 Å². The first-order chi connectivity index (χ1) is 12.0. The number of hydrazone groups is 1. The van der Waals surface area contributed by atoms with Crippen LogP contribution in [0, 0.1) is 11.3 Å². The van der Waals surface area contributed by atoms with Crippen LogP contribution in [-0.2, 0) is 4.79 Å². The van der Waals surface area contributed by atoms with Crippen LogP contribution in [0.5, 0.6) is 0 Å². The molecule has 2 aromatic rings. The number of carbonyl (C=O) groups excluding carboxylic acids is 1. The van der Waals surface area contributed by atoms with Gasteiger partial charge in [-0.1, -0.05) is 0 Å². The molecular weight excluding hydrogens is 320 g/mol. The number of benzene rings is 1. The summed E-state index contributed by atoms with van der Waals surface area (Å²) in [6, 6.07) is 9.11. The summed E-state index contributed by atoms with van der Waals surface area (Å²) in [6.45, 7) is 7.44. The van der Waals surface area contributed by atoms with Crippen LogP contribution in [0.2, 0.25) is 0 Å². The van der Waals surface area contributed by atoms with Crippen LogP contribution < -0.4 is 16.0 Å². The van der Waals surface area contributed by atoms with Crippen LogP contribution in [-0.4, -0.2) is 24.7 Å². The maximum atomic E-state index is 12.2. The van der Waals surface area contributed by atoms with E-state index in [0.717, 1.165) is 24.2 Å². The van der Waals surface area contributed by atoms with Gasteiger partial charge in [-0.15, -0.1) is 0 Å². The lowest BCUT2D eigenvalue weighted by molar-refractivity contribution is -0.120. The van der Waals surface area contributed by atoms with E-state index in [1.54, 1.807) is 19.1 Å². The van der Waals surface area contributed by atoms with Crippen molar-refractivity contribution in [2.45, 2.75) is 27.2 Å². The predicted octanol–water partition coefficient (Wildman–Crippen LogP) is 2.39. The molecule has 1 amide bonds. The van der Waals surface area contributed by atoms with Gasteiger partial charge in [0.25, 0.3) is 5.91 Å². The Kier molecular flexibility index (Phi) is 5.90. The van der Waals surface area contributed by atoms with Crippen molar-refractivity contribution in [2.75, 3.05) is 18.0 Å². The molecule has 0 aliphatic carbocycles. The molecule has 130 valence electrons. The summed E-state index contributed by atoms with van der Waals surface area (Å²) in [6.07, 6.45) is -0.294. The van der Waals surface area contributed by atoms with Gasteiger partial charge in [0.2, 0.25) is 0 Å². The molecule has 0 unspecified atom stereocenters. The van der Waals surface area contributed by atoms with E-state index in [9.17, 15) is 9.59 Å². The number of fused-ring (bicyclic) bond motifs is 1. The number of anilines is 1. The third-order valence-electron chi connectivity index (χ3n) is 3.83. The van der Waals surface area contributed by atoms with E-state index in [2.05, 4.69) is 29.3 Å². The molecule has 1 N–H and O–H groups in total. The molecule has 1 heterocycles. The number of rotatable bonds is 6. The summed E-state index contributed by atoms with van der Waals surface area (Å²) in [4.78, 5) is 25.7. The molecule has 0 fully saturated rings. The minimum Gasteiger partial charge on any atom is -0.422 e. The monoisotopic (exact) mass is 340 g/mol. The summed E-state index contributed by atoms with van der Waals surface area (Å²) >= 11 is 0. The van der Waals surface area contributed by atoms with E-state index in [1.165, 1.54) is 0 Å². The molecule has 2 rings (SSSR count). The van der Waals surface area contributed by atoms with E-state index in [1.807, 2.05) is 18.2 Å². The molecule has 0 atom stereocenters. The van der Waals surface area contributed by atoms with Crippen LogP contribution in [0.1, 0.15) is 32.8 Å². The van der Waals surface area contributed by atoms with Crippen LogP contribution in [0.15, 0.2) is 38.6 Å². The Hall–Kier alpha value is -3.14. The fourth-order valence-electron chi connectivity index (χ4n) is 2.46. The van der Waals surface area contributed by atoms with Gasteiger partial charge in [-0.2, -0.15) is 10.4 Å². The van der Waals surface area contributed by atoms with E-state index in [0.29, 0.717) is 11.3 Å². The minimum atomic E-state index is -0.532. The Balaban J connectivity index is 2.38. The lowest BCUT2D eigenvalue weighted by Crippen LogP contribution is -2.22. The zero-order valence-corrected chi connectivity index (χ0v) is 14.5. The second kappa shape index (κ2) is 8.11. The Bertz CT molecular complexity index is 905. The summed E-state index contributed by atoms with van der Waals surface area (Å²) in [5, 5.41) is 13.1. The molecular formula is C18H20N4O3. The molecule has 0 aliphatic heterocycles. The normalized spacial score (nSPS) is 11.2. The van der Waals surface area contributed by atoms with Gasteiger partial charge in [0, 0.05) is 30.2 Å². The smallest absolute Gasteiger partial charge is 0.345 e. The first-order valence-corrected chi connectivity index (χ1v) is 8.03. The van der Waals surface area contributed by atoms with Crippen molar-refractivity contribution >= 4 is 28.3 Å². The van der Waals surface area contributed by atoms with Gasteiger partial charge in [0.05, 0.1) is 17.3 Å². The SMILES string of the molecule is CCN(CC)c1ccc2cc(C(C)=NNC(=O)CC#N)c(=O)oc2c1. The standard InChI is InChI=1S/C18H20N4O3/c1-4-22(5-2)14-7-6-13-10-15(18(24)25-16(13)11-14)12(3)20-21-17(23)8-9-19/h6-7,10-11H,4-5,8H2,1-3H3,(H,21,23). The van der Waals surface area contributed by atoms with Gasteiger partial charge in [-0.05, 0) is 39.0 Å². The second-order valence-corrected chi connectivity index (χ2v) is 5.41. The number of amides is 1. The number of hydrogen-bond acceptors (Lipinski definition) is 6. The minimum absolute atomic E-state index is 0.264. The Morgan fingerprint density at radius 2 is 2.04 bits per heavy atom. The van der Waals surface area contributed by atoms with Gasteiger partial charge in [0.1, 0.15) is 12.0 Å². The molecule has 1 aromatic heterocycles. The summed E-state index contributed by atoms with van der Waals surface area (Å²) in [7, 11) is 0. The van der Waals surface area contributed by atoms with Gasteiger partial charge >= 0.3 is 5.63 Å². The van der Waals surface area contributed by atoms with E-state index in [-0.39, 0.29) is 12.0 Å². The largest absolute Gasteiger partial charge is 0.422 e. The molecule has 7 heteroatoms. The van der Waals surface area contributed by atoms with Crippen molar-refractivity contribution in [1.29, 1.82) is 5.26 Å². The average Bonchev–Trinajstić information content (AvgIpc) is 2.60. The van der Waals surface area contributed by atoms with Crippen LogP contribution in [0.3, 0.4) is 0 Å². The number of nitrogens with one attached hydrogen (secondary N) is 1. The second-order valence-electron chi connectivity index (χ2n) is 5.41. The van der Waals surface area contributed by atoms with Crippen molar-refractivity contribution in [3.63, 3.8) is 0 Å². The highest BCUT2D eigenvalue weighted by atomic mass is 16.4. The number of nitrogens with zero attached hydrogens (tertiary/aromatic N) is 3. The summed E-state index contributed by atoms with van der Waals surface area (Å²) in [5.74, 6) is -0.532. The predicted molar refractivity (Wildman–Crippen MR) is 96.6 cm³/mol. The quantitative estimate of drug-likeness (QED) is 0.494. The Labute approximate surface area is 145 Å². The Morgan fingerprint density at radius 1 is 1.32 bits per heavy atom. The zero-order valence-electron chi connectivity index (χ0n) is 14.5. The van der Waals surface area contributed by atoms with Crippen LogP contribution in [0.4, 0.5) is 5.69 Å². The van der Waals surface area contributed by atoms with Crippen molar-refractivity contribution < 1.29 is 9.21 Å². The molecule has 0 saturated heterocycles. The lowest BCUT2D eigenvalue weighted by atomic mass is 10.1. The van der Waals surface area contributed by atoms with Crippen molar-refractivity contribution in [1.82, 2.24) is 5.43 Å². The molecule has 0 spiro atoms. The highest BCUT2D eigenvalue weighted by Gasteiger charge is 2.11. The molecule has 0 bridgehead atoms. The van der Waals surface area contributed by atoms with Gasteiger partial charge in [-0.3, -0.25) is 4.79 Å². The van der Waals surface area contributed by atoms with Gasteiger partial charge in [0.15, 0.2) is 0 Å². The zero-order chi connectivity index (χ0) is 18.4. The van der Waals surface area contributed by atoms with E-state index >= 15 is 0 Å². The molecule has 25 heavy (non-hydrogen) atoms. The molecule has 0 radical (unpaired) electrons. The fraction of sp³-hybridized carbons (Fsp3) is 0.333. The number of carbonyl (C=O) groups is 1. The topological polar surface area (TPSA) is 98.7 Å². The summed E-state index contributed by atoms with van der Waals surface area (Å²) < 4.78 is 5.42. The van der Waals surface area contributed by atoms with Crippen LogP contribution >= 0.6 is 0 Å². The third-order valence-corrected chi connectivity index (χ3v) is 3.83. The number of hydrogen-bond donors (Lipinski definition) is 1. The average molecular weight is 340 g/mol. The Morgan fingerprint density at radius 3 is 2.68 bits per heavy atom. The maximum Gasteiger partial charge on any atom is 0.345 e. The van der Waals surface area contributed by atoms with Gasteiger partial charge in [-0.25, -0.2) is 10.2 Å². The molecule has 7 nitrogen and oxygen atoms in total.